The quantitative estimate of drug-likeness (QED) is 0.780. The summed E-state index contributed by atoms with van der Waals surface area (Å²) < 4.78 is 0. The summed E-state index contributed by atoms with van der Waals surface area (Å²) in [4.78, 5) is 0. The fourth-order valence-corrected chi connectivity index (χ4v) is 2.76. The van der Waals surface area contributed by atoms with Gasteiger partial charge in [0.25, 0.3) is 0 Å². The third-order valence-electron chi connectivity index (χ3n) is 3.44. The number of hydrogen-bond acceptors (Lipinski definition) is 2. The van der Waals surface area contributed by atoms with Crippen LogP contribution < -0.4 is 5.32 Å². The first-order chi connectivity index (χ1) is 9.58. The molecule has 20 heavy (non-hydrogen) atoms. The van der Waals surface area contributed by atoms with Crippen LogP contribution in [0.5, 0.6) is 0 Å². The number of aromatic nitrogens is 2. The second kappa shape index (κ2) is 7.11. The fourth-order valence-electron chi connectivity index (χ4n) is 2.19. The summed E-state index contributed by atoms with van der Waals surface area (Å²) in [5.41, 5.74) is 3.51. The van der Waals surface area contributed by atoms with Gasteiger partial charge in [0.15, 0.2) is 0 Å². The van der Waals surface area contributed by atoms with Gasteiger partial charge in [-0.3, -0.25) is 5.10 Å². The lowest BCUT2D eigenvalue weighted by Crippen LogP contribution is -2.20. The predicted octanol–water partition coefficient (Wildman–Crippen LogP) is 4.31. The van der Waals surface area contributed by atoms with Gasteiger partial charge < -0.3 is 5.32 Å². The zero-order valence-electron chi connectivity index (χ0n) is 11.7. The third kappa shape index (κ3) is 3.98. The molecule has 0 aliphatic rings. The minimum Gasteiger partial charge on any atom is -0.310 e. The number of aryl methyl sites for hydroxylation is 2. The molecule has 2 N–H and O–H groups in total. The first kappa shape index (κ1) is 15.4. The van der Waals surface area contributed by atoms with Crippen molar-refractivity contribution in [1.82, 2.24) is 15.5 Å². The molecule has 108 valence electrons. The number of benzene rings is 1. The van der Waals surface area contributed by atoms with Crippen molar-refractivity contribution in [3.05, 3.63) is 51.3 Å². The predicted molar refractivity (Wildman–Crippen MR) is 84.5 cm³/mol. The van der Waals surface area contributed by atoms with Gasteiger partial charge in [-0.1, -0.05) is 29.3 Å². The minimum atomic E-state index is 0.213. The van der Waals surface area contributed by atoms with E-state index in [2.05, 4.69) is 22.4 Å². The molecule has 0 aliphatic heterocycles. The number of H-pyrrole nitrogens is 1. The van der Waals surface area contributed by atoms with Crippen LogP contribution in [-0.4, -0.2) is 16.7 Å². The third-order valence-corrected chi connectivity index (χ3v) is 4.00. The Labute approximate surface area is 129 Å². The molecule has 2 aromatic rings. The summed E-state index contributed by atoms with van der Waals surface area (Å²) in [6, 6.07) is 5.84. The van der Waals surface area contributed by atoms with Crippen LogP contribution in [0.2, 0.25) is 10.0 Å². The molecule has 0 fully saturated rings. The highest BCUT2D eigenvalue weighted by Crippen LogP contribution is 2.26. The maximum Gasteiger partial charge on any atom is 0.0522 e. The van der Waals surface area contributed by atoms with E-state index in [1.165, 1.54) is 5.56 Å². The maximum absolute atomic E-state index is 6.20. The van der Waals surface area contributed by atoms with Crippen molar-refractivity contribution in [3.8, 4) is 0 Å². The van der Waals surface area contributed by atoms with Gasteiger partial charge in [0, 0.05) is 21.8 Å². The fraction of sp³-hybridized carbons (Fsp3) is 0.400. The largest absolute Gasteiger partial charge is 0.310 e. The molecular formula is C15H19Cl2N3. The van der Waals surface area contributed by atoms with Crippen LogP contribution in [-0.2, 0) is 6.42 Å². The Kier molecular flexibility index (Phi) is 5.46. The summed E-state index contributed by atoms with van der Waals surface area (Å²) in [5, 5.41) is 11.8. The van der Waals surface area contributed by atoms with Crippen molar-refractivity contribution in [3.63, 3.8) is 0 Å². The van der Waals surface area contributed by atoms with Gasteiger partial charge in [-0.2, -0.15) is 5.10 Å². The van der Waals surface area contributed by atoms with Crippen LogP contribution in [0.1, 0.15) is 36.2 Å². The second-order valence-electron chi connectivity index (χ2n) is 4.97. The van der Waals surface area contributed by atoms with E-state index in [1.54, 1.807) is 6.07 Å². The van der Waals surface area contributed by atoms with E-state index < -0.39 is 0 Å². The Bertz CT molecular complexity index is 566. The number of hydrogen-bond donors (Lipinski definition) is 2. The normalized spacial score (nSPS) is 12.6. The molecule has 0 aliphatic carbocycles. The summed E-state index contributed by atoms with van der Waals surface area (Å²) in [6.07, 6.45) is 3.99. The Hall–Kier alpha value is -1.03. The Morgan fingerprint density at radius 1 is 1.35 bits per heavy atom. The Morgan fingerprint density at radius 3 is 2.80 bits per heavy atom. The summed E-state index contributed by atoms with van der Waals surface area (Å²) in [6.45, 7) is 5.09. The molecule has 3 nitrogen and oxygen atoms in total. The van der Waals surface area contributed by atoms with Crippen molar-refractivity contribution in [2.45, 2.75) is 32.7 Å². The average Bonchev–Trinajstić information content (AvgIpc) is 2.80. The molecule has 0 bridgehead atoms. The second-order valence-corrected chi connectivity index (χ2v) is 5.81. The van der Waals surface area contributed by atoms with E-state index in [-0.39, 0.29) is 6.04 Å². The molecule has 1 atom stereocenters. The minimum absolute atomic E-state index is 0.213. The monoisotopic (exact) mass is 311 g/mol. The van der Waals surface area contributed by atoms with Crippen molar-refractivity contribution in [1.29, 1.82) is 0 Å². The Balaban J connectivity index is 1.80. The first-order valence-electron chi connectivity index (χ1n) is 6.75. The number of halogens is 2. The summed E-state index contributed by atoms with van der Waals surface area (Å²) in [5.74, 6) is 0. The highest BCUT2D eigenvalue weighted by molar-refractivity contribution is 6.35. The number of nitrogens with one attached hydrogen (secondary N) is 2. The lowest BCUT2D eigenvalue weighted by molar-refractivity contribution is 0.558. The molecule has 1 heterocycles. The highest BCUT2D eigenvalue weighted by Gasteiger charge is 2.09. The smallest absolute Gasteiger partial charge is 0.0522 e. The van der Waals surface area contributed by atoms with Gasteiger partial charge in [-0.05, 0) is 56.5 Å². The van der Waals surface area contributed by atoms with Crippen LogP contribution in [0.15, 0.2) is 24.4 Å². The topological polar surface area (TPSA) is 40.7 Å². The molecule has 2 rings (SSSR count). The van der Waals surface area contributed by atoms with Gasteiger partial charge in [0.1, 0.15) is 0 Å². The summed E-state index contributed by atoms with van der Waals surface area (Å²) in [7, 11) is 0. The average molecular weight is 312 g/mol. The van der Waals surface area contributed by atoms with Gasteiger partial charge in [-0.15, -0.1) is 0 Å². The molecule has 0 radical (unpaired) electrons. The molecule has 1 unspecified atom stereocenters. The van der Waals surface area contributed by atoms with Gasteiger partial charge >= 0.3 is 0 Å². The maximum atomic E-state index is 6.20. The van der Waals surface area contributed by atoms with Gasteiger partial charge in [-0.25, -0.2) is 0 Å². The molecule has 0 saturated heterocycles. The molecule has 1 aromatic heterocycles. The molecule has 0 spiro atoms. The van der Waals surface area contributed by atoms with E-state index >= 15 is 0 Å². The highest BCUT2D eigenvalue weighted by atomic mass is 35.5. The Morgan fingerprint density at radius 2 is 2.15 bits per heavy atom. The standard InChI is InChI=1S/C15H19Cl2N3/c1-10-12(9-19-20-10)4-3-7-18-11(2)14-6-5-13(16)8-15(14)17/h5-6,8-9,11,18H,3-4,7H2,1-2H3,(H,19,20). The van der Waals surface area contributed by atoms with Crippen LogP contribution in [0, 0.1) is 6.92 Å². The van der Waals surface area contributed by atoms with Crippen LogP contribution in [0.3, 0.4) is 0 Å². The van der Waals surface area contributed by atoms with E-state index in [0.717, 1.165) is 30.6 Å². The van der Waals surface area contributed by atoms with E-state index in [9.17, 15) is 0 Å². The molecule has 5 heteroatoms. The van der Waals surface area contributed by atoms with Crippen molar-refractivity contribution in [2.75, 3.05) is 6.54 Å². The zero-order valence-corrected chi connectivity index (χ0v) is 13.2. The van der Waals surface area contributed by atoms with Crippen LogP contribution in [0.4, 0.5) is 0 Å². The van der Waals surface area contributed by atoms with Crippen molar-refractivity contribution >= 4 is 23.2 Å². The van der Waals surface area contributed by atoms with Crippen LogP contribution >= 0.6 is 23.2 Å². The van der Waals surface area contributed by atoms with E-state index in [1.807, 2.05) is 25.3 Å². The lowest BCUT2D eigenvalue weighted by Gasteiger charge is -2.15. The van der Waals surface area contributed by atoms with E-state index in [0.29, 0.717) is 10.0 Å². The van der Waals surface area contributed by atoms with Crippen molar-refractivity contribution in [2.24, 2.45) is 0 Å². The molecule has 0 amide bonds. The number of nitrogens with zero attached hydrogens (tertiary/aromatic N) is 1. The molecule has 1 aromatic carbocycles. The molecule has 0 saturated carbocycles. The van der Waals surface area contributed by atoms with Gasteiger partial charge in [0.2, 0.25) is 0 Å². The van der Waals surface area contributed by atoms with Gasteiger partial charge in [0.05, 0.1) is 6.20 Å². The SMILES string of the molecule is Cc1[nH]ncc1CCCNC(C)c1ccc(Cl)cc1Cl. The number of aromatic amines is 1. The molecular weight excluding hydrogens is 293 g/mol. The number of rotatable bonds is 6. The first-order valence-corrected chi connectivity index (χ1v) is 7.50. The van der Waals surface area contributed by atoms with Crippen LogP contribution in [0.25, 0.3) is 0 Å². The summed E-state index contributed by atoms with van der Waals surface area (Å²) >= 11 is 12.1. The van der Waals surface area contributed by atoms with Crippen molar-refractivity contribution < 1.29 is 0 Å². The van der Waals surface area contributed by atoms with E-state index in [4.69, 9.17) is 23.2 Å². The lowest BCUT2D eigenvalue weighted by atomic mass is 10.1. The zero-order chi connectivity index (χ0) is 14.5.